The molecule has 1 aromatic carbocycles. The Kier molecular flexibility index (Phi) is 6.40. The van der Waals surface area contributed by atoms with Gasteiger partial charge in [-0.25, -0.2) is 13.4 Å². The van der Waals surface area contributed by atoms with Crippen LogP contribution in [0.5, 0.6) is 11.5 Å². The summed E-state index contributed by atoms with van der Waals surface area (Å²) in [5, 5.41) is 2.77. The molecule has 0 saturated heterocycles. The number of sulfonamides is 1. The molecule has 152 valence electrons. The molecule has 1 N–H and O–H groups in total. The lowest BCUT2D eigenvalue weighted by Crippen LogP contribution is -2.42. The van der Waals surface area contributed by atoms with Crippen molar-refractivity contribution in [3.8, 4) is 11.5 Å². The molecule has 3 rings (SSSR count). The largest absolute Gasteiger partial charge is 0.486 e. The molecule has 2 aromatic rings. The summed E-state index contributed by atoms with van der Waals surface area (Å²) in [5.41, 5.74) is 0.375. The maximum absolute atomic E-state index is 12.6. The van der Waals surface area contributed by atoms with E-state index in [2.05, 4.69) is 10.3 Å². The molecule has 0 radical (unpaired) electrons. The fourth-order valence-corrected chi connectivity index (χ4v) is 3.85. The van der Waals surface area contributed by atoms with Crippen molar-refractivity contribution in [3.05, 3.63) is 36.9 Å². The van der Waals surface area contributed by atoms with Gasteiger partial charge in [-0.15, -0.1) is 0 Å². The first-order chi connectivity index (χ1) is 13.5. The summed E-state index contributed by atoms with van der Waals surface area (Å²) >= 11 is 0. The fourth-order valence-electron chi connectivity index (χ4n) is 2.79. The summed E-state index contributed by atoms with van der Waals surface area (Å²) in [6.07, 6.45) is 5.96. The van der Waals surface area contributed by atoms with Crippen LogP contribution in [0.15, 0.2) is 36.9 Å². The van der Waals surface area contributed by atoms with Crippen LogP contribution in [-0.4, -0.2) is 55.9 Å². The Hall–Kier alpha value is -2.75. The van der Waals surface area contributed by atoms with E-state index in [1.807, 2.05) is 10.8 Å². The average Bonchev–Trinajstić information content (AvgIpc) is 3.22. The Morgan fingerprint density at radius 3 is 2.79 bits per heavy atom. The number of nitrogens with one attached hydrogen (secondary N) is 1. The quantitative estimate of drug-likeness (QED) is 0.622. The highest BCUT2D eigenvalue weighted by Gasteiger charge is 2.25. The molecule has 28 heavy (non-hydrogen) atoms. The summed E-state index contributed by atoms with van der Waals surface area (Å²) in [6, 6.07) is 4.87. The minimum absolute atomic E-state index is 0.116. The van der Waals surface area contributed by atoms with E-state index in [4.69, 9.17) is 9.47 Å². The van der Waals surface area contributed by atoms with Crippen LogP contribution in [-0.2, 0) is 21.4 Å². The zero-order valence-corrected chi connectivity index (χ0v) is 16.5. The van der Waals surface area contributed by atoms with E-state index >= 15 is 0 Å². The predicted molar refractivity (Wildman–Crippen MR) is 104 cm³/mol. The zero-order valence-electron chi connectivity index (χ0n) is 15.7. The van der Waals surface area contributed by atoms with Gasteiger partial charge in [0.15, 0.2) is 11.5 Å². The molecule has 2 heterocycles. The maximum Gasteiger partial charge on any atom is 0.240 e. The van der Waals surface area contributed by atoms with Crippen LogP contribution in [0.4, 0.5) is 5.69 Å². The number of benzene rings is 1. The van der Waals surface area contributed by atoms with Crippen molar-refractivity contribution in [2.45, 2.75) is 19.9 Å². The third-order valence-electron chi connectivity index (χ3n) is 4.28. The van der Waals surface area contributed by atoms with Gasteiger partial charge in [-0.05, 0) is 25.5 Å². The topological polar surface area (TPSA) is 103 Å². The highest BCUT2D eigenvalue weighted by atomic mass is 32.2. The first-order valence-corrected chi connectivity index (χ1v) is 10.7. The summed E-state index contributed by atoms with van der Waals surface area (Å²) in [7, 11) is -3.64. The minimum atomic E-state index is -3.64. The van der Waals surface area contributed by atoms with Crippen LogP contribution in [0.25, 0.3) is 0 Å². The molecule has 0 saturated carbocycles. The summed E-state index contributed by atoms with van der Waals surface area (Å²) in [4.78, 5) is 16.3. The standard InChI is InChI=1S/C18H24N4O5S/c1-2-28(24,25)22(15-4-5-16-17(12-15)27-11-10-26-16)13-18(23)20-6-3-8-21-9-7-19-14-21/h4-5,7,9,12,14H,2-3,6,8,10-11,13H2,1H3,(H,20,23). The van der Waals surface area contributed by atoms with Crippen molar-refractivity contribution in [3.63, 3.8) is 0 Å². The molecule has 1 aliphatic rings. The highest BCUT2D eigenvalue weighted by Crippen LogP contribution is 2.34. The first kappa shape index (κ1) is 20.0. The number of imidazole rings is 1. The number of hydrogen-bond acceptors (Lipinski definition) is 6. The van der Waals surface area contributed by atoms with Gasteiger partial charge in [0.25, 0.3) is 0 Å². The van der Waals surface area contributed by atoms with E-state index in [0.29, 0.717) is 43.4 Å². The van der Waals surface area contributed by atoms with Gasteiger partial charge < -0.3 is 19.4 Å². The van der Waals surface area contributed by atoms with E-state index in [1.54, 1.807) is 37.6 Å². The second kappa shape index (κ2) is 8.96. The Morgan fingerprint density at radius 1 is 1.29 bits per heavy atom. The van der Waals surface area contributed by atoms with Crippen LogP contribution in [0, 0.1) is 0 Å². The number of anilines is 1. The number of ether oxygens (including phenoxy) is 2. The Labute approximate surface area is 164 Å². The van der Waals surface area contributed by atoms with Crippen molar-refractivity contribution in [1.29, 1.82) is 0 Å². The van der Waals surface area contributed by atoms with Crippen molar-refractivity contribution in [1.82, 2.24) is 14.9 Å². The second-order valence-electron chi connectivity index (χ2n) is 6.24. The number of amides is 1. The van der Waals surface area contributed by atoms with Crippen molar-refractivity contribution >= 4 is 21.6 Å². The van der Waals surface area contributed by atoms with Gasteiger partial charge in [0, 0.05) is 31.5 Å². The smallest absolute Gasteiger partial charge is 0.240 e. The molecule has 1 aliphatic heterocycles. The van der Waals surface area contributed by atoms with Gasteiger partial charge >= 0.3 is 0 Å². The number of fused-ring (bicyclic) bond motifs is 1. The Balaban J connectivity index is 1.64. The predicted octanol–water partition coefficient (Wildman–Crippen LogP) is 1.02. The van der Waals surface area contributed by atoms with E-state index in [0.717, 1.165) is 10.8 Å². The number of carbonyl (C=O) groups is 1. The molecule has 0 unspecified atom stereocenters. The minimum Gasteiger partial charge on any atom is -0.486 e. The lowest BCUT2D eigenvalue weighted by atomic mass is 10.2. The van der Waals surface area contributed by atoms with Crippen LogP contribution in [0.2, 0.25) is 0 Å². The Bertz CT molecular complexity index is 899. The lowest BCUT2D eigenvalue weighted by Gasteiger charge is -2.25. The van der Waals surface area contributed by atoms with Gasteiger partial charge in [-0.3, -0.25) is 9.10 Å². The molecule has 1 aromatic heterocycles. The summed E-state index contributed by atoms with van der Waals surface area (Å²) in [6.45, 7) is 3.26. The third-order valence-corrected chi connectivity index (χ3v) is 6.02. The molecular weight excluding hydrogens is 384 g/mol. The number of carbonyl (C=O) groups excluding carboxylic acids is 1. The van der Waals surface area contributed by atoms with Gasteiger partial charge in [-0.2, -0.15) is 0 Å². The zero-order chi connectivity index (χ0) is 20.0. The number of aryl methyl sites for hydroxylation is 1. The molecular formula is C18H24N4O5S. The normalized spacial score (nSPS) is 13.2. The van der Waals surface area contributed by atoms with Gasteiger partial charge in [-0.1, -0.05) is 0 Å². The number of hydrogen-bond donors (Lipinski definition) is 1. The molecule has 0 atom stereocenters. The van der Waals surface area contributed by atoms with Gasteiger partial charge in [0.05, 0.1) is 17.8 Å². The first-order valence-electron chi connectivity index (χ1n) is 9.12. The van der Waals surface area contributed by atoms with E-state index in [9.17, 15) is 13.2 Å². The SMILES string of the molecule is CCS(=O)(=O)N(CC(=O)NCCCn1ccnc1)c1ccc2c(c1)OCCO2. The van der Waals surface area contributed by atoms with Crippen LogP contribution >= 0.6 is 0 Å². The molecule has 9 nitrogen and oxygen atoms in total. The molecule has 0 bridgehead atoms. The Morgan fingerprint density at radius 2 is 2.07 bits per heavy atom. The molecule has 1 amide bonds. The maximum atomic E-state index is 12.6. The number of nitrogens with zero attached hydrogens (tertiary/aromatic N) is 3. The molecule has 10 heteroatoms. The molecule has 0 aliphatic carbocycles. The van der Waals surface area contributed by atoms with E-state index in [1.165, 1.54) is 0 Å². The fraction of sp³-hybridized carbons (Fsp3) is 0.444. The molecule has 0 spiro atoms. The van der Waals surface area contributed by atoms with Gasteiger partial charge in [0.2, 0.25) is 15.9 Å². The second-order valence-corrected chi connectivity index (χ2v) is 8.42. The third kappa shape index (κ3) is 4.94. The van der Waals surface area contributed by atoms with Gasteiger partial charge in [0.1, 0.15) is 19.8 Å². The monoisotopic (exact) mass is 408 g/mol. The summed E-state index contributed by atoms with van der Waals surface area (Å²) < 4.78 is 39.1. The lowest BCUT2D eigenvalue weighted by molar-refractivity contribution is -0.119. The van der Waals surface area contributed by atoms with Crippen molar-refractivity contribution in [2.75, 3.05) is 36.4 Å². The van der Waals surface area contributed by atoms with Crippen molar-refractivity contribution in [2.24, 2.45) is 0 Å². The van der Waals surface area contributed by atoms with Crippen LogP contribution in [0.3, 0.4) is 0 Å². The van der Waals surface area contributed by atoms with E-state index < -0.39 is 10.0 Å². The van der Waals surface area contributed by atoms with Crippen molar-refractivity contribution < 1.29 is 22.7 Å². The molecule has 0 fully saturated rings. The van der Waals surface area contributed by atoms with Crippen LogP contribution < -0.4 is 19.1 Å². The number of rotatable bonds is 9. The average molecular weight is 408 g/mol. The highest BCUT2D eigenvalue weighted by molar-refractivity contribution is 7.92. The van der Waals surface area contributed by atoms with Crippen LogP contribution in [0.1, 0.15) is 13.3 Å². The van der Waals surface area contributed by atoms with E-state index in [-0.39, 0.29) is 18.2 Å². The summed E-state index contributed by atoms with van der Waals surface area (Å²) in [5.74, 6) is 0.557. The number of aromatic nitrogens is 2.